The molecule has 1 aromatic heterocycles. The lowest BCUT2D eigenvalue weighted by atomic mass is 10.3. The third-order valence-electron chi connectivity index (χ3n) is 2.33. The van der Waals surface area contributed by atoms with Crippen LogP contribution in [0.1, 0.15) is 20.3 Å². The smallest absolute Gasteiger partial charge is 0.233 e. The van der Waals surface area contributed by atoms with Crippen LogP contribution in [0.4, 0.5) is 5.82 Å². The number of nitrogens with zero attached hydrogens (tertiary/aromatic N) is 3. The molecule has 16 heavy (non-hydrogen) atoms. The van der Waals surface area contributed by atoms with E-state index in [9.17, 15) is 0 Å². The molecule has 1 rings (SSSR count). The molecule has 5 nitrogen and oxygen atoms in total. The lowest BCUT2D eigenvalue weighted by Crippen LogP contribution is -2.33. The van der Waals surface area contributed by atoms with E-state index in [1.54, 1.807) is 19.5 Å². The number of rotatable bonds is 6. The summed E-state index contributed by atoms with van der Waals surface area (Å²) in [6, 6.07) is 0.368. The number of hydrogen-bond donors (Lipinski definition) is 1. The fourth-order valence-electron chi connectivity index (χ4n) is 1.47. The Morgan fingerprint density at radius 3 is 2.75 bits per heavy atom. The summed E-state index contributed by atoms with van der Waals surface area (Å²) in [6.07, 6.45) is 4.29. The van der Waals surface area contributed by atoms with Crippen molar-refractivity contribution < 1.29 is 4.74 Å². The zero-order valence-corrected chi connectivity index (χ0v) is 10.2. The molecule has 1 aromatic rings. The molecule has 0 unspecified atom stereocenters. The van der Waals surface area contributed by atoms with Crippen molar-refractivity contribution in [3.05, 3.63) is 12.4 Å². The predicted octanol–water partition coefficient (Wildman–Crippen LogP) is 1.05. The Morgan fingerprint density at radius 1 is 1.44 bits per heavy atom. The van der Waals surface area contributed by atoms with Crippen LogP contribution < -0.4 is 15.4 Å². The molecular weight excluding hydrogens is 204 g/mol. The standard InChI is InChI=1S/C11H20N4O/c1-9(2)15(6-4-5-12)10-7-13-8-11(14-10)16-3/h7-9H,4-6,12H2,1-3H3. The lowest BCUT2D eigenvalue weighted by molar-refractivity contribution is 0.395. The average Bonchev–Trinajstić information content (AvgIpc) is 2.29. The molecule has 2 N–H and O–H groups in total. The third kappa shape index (κ3) is 3.34. The second-order valence-electron chi connectivity index (χ2n) is 3.85. The summed E-state index contributed by atoms with van der Waals surface area (Å²) >= 11 is 0. The zero-order valence-electron chi connectivity index (χ0n) is 10.2. The highest BCUT2D eigenvalue weighted by Gasteiger charge is 2.12. The van der Waals surface area contributed by atoms with Gasteiger partial charge in [0.1, 0.15) is 0 Å². The minimum Gasteiger partial charge on any atom is -0.480 e. The fraction of sp³-hybridized carbons (Fsp3) is 0.636. The highest BCUT2D eigenvalue weighted by atomic mass is 16.5. The van der Waals surface area contributed by atoms with Crippen LogP contribution in [0.2, 0.25) is 0 Å². The van der Waals surface area contributed by atoms with Gasteiger partial charge < -0.3 is 15.4 Å². The Balaban J connectivity index is 2.82. The van der Waals surface area contributed by atoms with Gasteiger partial charge >= 0.3 is 0 Å². The Hall–Kier alpha value is -1.36. The van der Waals surface area contributed by atoms with Gasteiger partial charge in [0.25, 0.3) is 0 Å². The monoisotopic (exact) mass is 224 g/mol. The molecule has 0 atom stereocenters. The highest BCUT2D eigenvalue weighted by molar-refractivity contribution is 5.38. The first-order valence-electron chi connectivity index (χ1n) is 5.51. The van der Waals surface area contributed by atoms with Crippen LogP contribution in [-0.2, 0) is 0 Å². The maximum absolute atomic E-state index is 5.52. The topological polar surface area (TPSA) is 64.3 Å². The van der Waals surface area contributed by atoms with Crippen molar-refractivity contribution in [2.75, 3.05) is 25.1 Å². The first-order chi connectivity index (χ1) is 7.69. The summed E-state index contributed by atoms with van der Waals surface area (Å²) in [5.74, 6) is 1.37. The Morgan fingerprint density at radius 2 is 2.19 bits per heavy atom. The van der Waals surface area contributed by atoms with Crippen LogP contribution in [0.25, 0.3) is 0 Å². The van der Waals surface area contributed by atoms with Crippen molar-refractivity contribution >= 4 is 5.82 Å². The van der Waals surface area contributed by atoms with Gasteiger partial charge in [-0.05, 0) is 26.8 Å². The molecule has 0 amide bonds. The van der Waals surface area contributed by atoms with Crippen LogP contribution in [0.5, 0.6) is 5.88 Å². The third-order valence-corrected chi connectivity index (χ3v) is 2.33. The summed E-state index contributed by atoms with van der Waals surface area (Å²) in [6.45, 7) is 5.81. The van der Waals surface area contributed by atoms with E-state index in [0.29, 0.717) is 18.5 Å². The number of ether oxygens (including phenoxy) is 1. The van der Waals surface area contributed by atoms with E-state index in [4.69, 9.17) is 10.5 Å². The number of anilines is 1. The van der Waals surface area contributed by atoms with Crippen molar-refractivity contribution in [1.82, 2.24) is 9.97 Å². The summed E-state index contributed by atoms with van der Waals surface area (Å²) in [5.41, 5.74) is 5.52. The first kappa shape index (κ1) is 12.7. The first-order valence-corrected chi connectivity index (χ1v) is 5.51. The molecular formula is C11H20N4O. The maximum Gasteiger partial charge on any atom is 0.233 e. The van der Waals surface area contributed by atoms with Gasteiger partial charge in [-0.3, -0.25) is 4.98 Å². The van der Waals surface area contributed by atoms with E-state index >= 15 is 0 Å². The quantitative estimate of drug-likeness (QED) is 0.782. The number of aromatic nitrogens is 2. The van der Waals surface area contributed by atoms with Crippen molar-refractivity contribution in [3.8, 4) is 5.88 Å². The molecule has 0 saturated heterocycles. The second-order valence-corrected chi connectivity index (χ2v) is 3.85. The fourth-order valence-corrected chi connectivity index (χ4v) is 1.47. The predicted molar refractivity (Wildman–Crippen MR) is 64.7 cm³/mol. The van der Waals surface area contributed by atoms with E-state index < -0.39 is 0 Å². The molecule has 0 aliphatic carbocycles. The Bertz CT molecular complexity index is 317. The van der Waals surface area contributed by atoms with Crippen LogP contribution in [0.15, 0.2) is 12.4 Å². The van der Waals surface area contributed by atoms with Crippen molar-refractivity contribution in [3.63, 3.8) is 0 Å². The van der Waals surface area contributed by atoms with Crippen LogP contribution in [0.3, 0.4) is 0 Å². The van der Waals surface area contributed by atoms with Crippen LogP contribution in [0, 0.1) is 0 Å². The molecule has 0 aliphatic rings. The number of methoxy groups -OCH3 is 1. The SMILES string of the molecule is COc1cncc(N(CCCN)C(C)C)n1. The molecule has 0 saturated carbocycles. The van der Waals surface area contributed by atoms with Gasteiger partial charge in [0.05, 0.1) is 19.5 Å². The molecule has 0 bridgehead atoms. The summed E-state index contributed by atoms with van der Waals surface area (Å²) < 4.78 is 5.06. The highest BCUT2D eigenvalue weighted by Crippen LogP contribution is 2.16. The van der Waals surface area contributed by atoms with Crippen LogP contribution in [-0.4, -0.2) is 36.2 Å². The van der Waals surface area contributed by atoms with Gasteiger partial charge in [0, 0.05) is 12.6 Å². The average molecular weight is 224 g/mol. The normalized spacial score (nSPS) is 10.6. The van der Waals surface area contributed by atoms with E-state index in [-0.39, 0.29) is 0 Å². The van der Waals surface area contributed by atoms with Gasteiger partial charge in [-0.1, -0.05) is 0 Å². The molecule has 0 aromatic carbocycles. The Labute approximate surface area is 96.6 Å². The zero-order chi connectivity index (χ0) is 12.0. The van der Waals surface area contributed by atoms with E-state index in [2.05, 4.69) is 28.7 Å². The minimum absolute atomic E-state index is 0.368. The molecule has 0 fully saturated rings. The largest absolute Gasteiger partial charge is 0.480 e. The van der Waals surface area contributed by atoms with Crippen LogP contribution >= 0.6 is 0 Å². The second kappa shape index (κ2) is 6.27. The number of nitrogens with two attached hydrogens (primary N) is 1. The van der Waals surface area contributed by atoms with E-state index in [1.165, 1.54) is 0 Å². The summed E-state index contributed by atoms with van der Waals surface area (Å²) in [4.78, 5) is 10.6. The Kier molecular flexibility index (Phi) is 4.98. The van der Waals surface area contributed by atoms with Crippen molar-refractivity contribution in [1.29, 1.82) is 0 Å². The molecule has 0 spiro atoms. The van der Waals surface area contributed by atoms with Gasteiger partial charge in [0.15, 0.2) is 5.82 Å². The maximum atomic E-state index is 5.52. The molecule has 90 valence electrons. The molecule has 0 radical (unpaired) electrons. The van der Waals surface area contributed by atoms with Gasteiger partial charge in [-0.25, -0.2) is 0 Å². The van der Waals surface area contributed by atoms with Gasteiger partial charge in [-0.15, -0.1) is 0 Å². The number of hydrogen-bond acceptors (Lipinski definition) is 5. The van der Waals surface area contributed by atoms with E-state index in [0.717, 1.165) is 18.8 Å². The summed E-state index contributed by atoms with van der Waals surface area (Å²) in [7, 11) is 1.59. The van der Waals surface area contributed by atoms with E-state index in [1.807, 2.05) is 0 Å². The van der Waals surface area contributed by atoms with Crippen molar-refractivity contribution in [2.24, 2.45) is 5.73 Å². The molecule has 0 aliphatic heterocycles. The molecule has 1 heterocycles. The summed E-state index contributed by atoms with van der Waals surface area (Å²) in [5, 5.41) is 0. The van der Waals surface area contributed by atoms with Gasteiger partial charge in [-0.2, -0.15) is 4.98 Å². The van der Waals surface area contributed by atoms with Crippen molar-refractivity contribution in [2.45, 2.75) is 26.3 Å². The minimum atomic E-state index is 0.368. The molecule has 5 heteroatoms. The van der Waals surface area contributed by atoms with Gasteiger partial charge in [0.2, 0.25) is 5.88 Å². The lowest BCUT2D eigenvalue weighted by Gasteiger charge is -2.27.